The van der Waals surface area contributed by atoms with Crippen LogP contribution in [0.2, 0.25) is 0 Å². The van der Waals surface area contributed by atoms with Crippen LogP contribution in [0.5, 0.6) is 0 Å². The number of nitrogen functional groups attached to an aromatic ring is 2. The molecule has 0 aliphatic heterocycles. The number of hydrogen-bond acceptors (Lipinski definition) is 2. The van der Waals surface area contributed by atoms with Crippen molar-refractivity contribution in [3.63, 3.8) is 0 Å². The van der Waals surface area contributed by atoms with Gasteiger partial charge in [-0.2, -0.15) is 0 Å². The van der Waals surface area contributed by atoms with Gasteiger partial charge in [0.2, 0.25) is 0 Å². The van der Waals surface area contributed by atoms with Crippen molar-refractivity contribution in [3.05, 3.63) is 59.7 Å². The third-order valence-corrected chi connectivity index (χ3v) is 3.52. The molecule has 0 heterocycles. The molecular weight excluding hydrogens is 232 g/mol. The van der Waals surface area contributed by atoms with Crippen molar-refractivity contribution in [2.75, 3.05) is 11.5 Å². The third-order valence-electron chi connectivity index (χ3n) is 3.52. The average molecular weight is 254 g/mol. The highest BCUT2D eigenvalue weighted by Gasteiger charge is 2.13. The maximum atomic E-state index is 5.77. The molecule has 100 valence electrons. The van der Waals surface area contributed by atoms with Gasteiger partial charge in [-0.25, -0.2) is 0 Å². The molecule has 0 amide bonds. The molecule has 0 spiro atoms. The van der Waals surface area contributed by atoms with Gasteiger partial charge in [0.05, 0.1) is 0 Å². The summed E-state index contributed by atoms with van der Waals surface area (Å²) < 4.78 is 0. The Morgan fingerprint density at radius 2 is 1.21 bits per heavy atom. The Kier molecular flexibility index (Phi) is 4.45. The monoisotopic (exact) mass is 254 g/mol. The first-order chi connectivity index (χ1) is 9.20. The molecule has 0 aromatic heterocycles. The molecule has 0 aliphatic rings. The highest BCUT2D eigenvalue weighted by molar-refractivity contribution is 5.45. The second kappa shape index (κ2) is 6.28. The second-order valence-electron chi connectivity index (χ2n) is 5.03. The van der Waals surface area contributed by atoms with Crippen LogP contribution in [-0.2, 0) is 0 Å². The molecule has 0 fully saturated rings. The first-order valence-corrected chi connectivity index (χ1v) is 6.91. The lowest BCUT2D eigenvalue weighted by Crippen LogP contribution is -2.02. The molecule has 2 aromatic carbocycles. The standard InChI is InChI=1S/C17H22N2/c1-2-3-4-17(13-5-9-15(18)10-6-13)14-7-11-16(19)12-8-14/h5-12,17H,2-4,18-19H2,1H3. The van der Waals surface area contributed by atoms with E-state index < -0.39 is 0 Å². The van der Waals surface area contributed by atoms with Crippen molar-refractivity contribution in [1.29, 1.82) is 0 Å². The van der Waals surface area contributed by atoms with Crippen molar-refractivity contribution in [2.45, 2.75) is 32.1 Å². The number of unbranched alkanes of at least 4 members (excludes halogenated alkanes) is 1. The van der Waals surface area contributed by atoms with Crippen molar-refractivity contribution in [3.8, 4) is 0 Å². The van der Waals surface area contributed by atoms with Crippen LogP contribution < -0.4 is 11.5 Å². The van der Waals surface area contributed by atoms with Gasteiger partial charge in [0.15, 0.2) is 0 Å². The summed E-state index contributed by atoms with van der Waals surface area (Å²) in [4.78, 5) is 0. The Morgan fingerprint density at radius 1 is 0.789 bits per heavy atom. The Morgan fingerprint density at radius 3 is 1.58 bits per heavy atom. The summed E-state index contributed by atoms with van der Waals surface area (Å²) in [5, 5.41) is 0. The summed E-state index contributed by atoms with van der Waals surface area (Å²) in [5.41, 5.74) is 15.8. The maximum Gasteiger partial charge on any atom is 0.0314 e. The summed E-state index contributed by atoms with van der Waals surface area (Å²) in [5.74, 6) is 0.432. The maximum absolute atomic E-state index is 5.77. The molecule has 0 saturated carbocycles. The molecule has 0 radical (unpaired) electrons. The van der Waals surface area contributed by atoms with E-state index in [4.69, 9.17) is 11.5 Å². The van der Waals surface area contributed by atoms with Gasteiger partial charge in [0, 0.05) is 17.3 Å². The van der Waals surface area contributed by atoms with Crippen LogP contribution in [0.15, 0.2) is 48.5 Å². The topological polar surface area (TPSA) is 52.0 Å². The van der Waals surface area contributed by atoms with Gasteiger partial charge in [-0.3, -0.25) is 0 Å². The zero-order chi connectivity index (χ0) is 13.7. The smallest absolute Gasteiger partial charge is 0.0314 e. The van der Waals surface area contributed by atoms with E-state index in [0.29, 0.717) is 5.92 Å². The fraction of sp³-hybridized carbons (Fsp3) is 0.294. The molecule has 2 nitrogen and oxygen atoms in total. The van der Waals surface area contributed by atoms with E-state index in [2.05, 4.69) is 31.2 Å². The number of benzene rings is 2. The van der Waals surface area contributed by atoms with Crippen LogP contribution in [0.25, 0.3) is 0 Å². The SMILES string of the molecule is CCCCC(c1ccc(N)cc1)c1ccc(N)cc1. The van der Waals surface area contributed by atoms with Crippen LogP contribution in [0, 0.1) is 0 Å². The summed E-state index contributed by atoms with van der Waals surface area (Å²) in [6.45, 7) is 2.23. The summed E-state index contributed by atoms with van der Waals surface area (Å²) in [6.07, 6.45) is 3.59. The van der Waals surface area contributed by atoms with Gasteiger partial charge in [0.1, 0.15) is 0 Å². The highest BCUT2D eigenvalue weighted by Crippen LogP contribution is 2.30. The molecule has 4 N–H and O–H groups in total. The molecule has 0 aliphatic carbocycles. The normalized spacial score (nSPS) is 10.8. The van der Waals surface area contributed by atoms with Gasteiger partial charge in [-0.1, -0.05) is 44.0 Å². The van der Waals surface area contributed by atoms with Crippen molar-refractivity contribution >= 4 is 11.4 Å². The lowest BCUT2D eigenvalue weighted by molar-refractivity contribution is 0.650. The molecule has 2 rings (SSSR count). The molecule has 0 atom stereocenters. The predicted octanol–water partition coefficient (Wildman–Crippen LogP) is 4.17. The third kappa shape index (κ3) is 3.50. The Bertz CT molecular complexity index is 454. The Labute approximate surface area is 115 Å². The highest BCUT2D eigenvalue weighted by atomic mass is 14.5. The van der Waals surface area contributed by atoms with Gasteiger partial charge < -0.3 is 11.5 Å². The minimum Gasteiger partial charge on any atom is -0.399 e. The van der Waals surface area contributed by atoms with Gasteiger partial charge in [0.25, 0.3) is 0 Å². The lowest BCUT2D eigenvalue weighted by atomic mass is 9.87. The van der Waals surface area contributed by atoms with Crippen LogP contribution in [0.3, 0.4) is 0 Å². The molecule has 19 heavy (non-hydrogen) atoms. The molecular formula is C17H22N2. The molecule has 2 heteroatoms. The minimum atomic E-state index is 0.432. The van der Waals surface area contributed by atoms with Crippen molar-refractivity contribution < 1.29 is 0 Å². The summed E-state index contributed by atoms with van der Waals surface area (Å²) >= 11 is 0. The minimum absolute atomic E-state index is 0.432. The average Bonchev–Trinajstić information content (AvgIpc) is 2.43. The van der Waals surface area contributed by atoms with Crippen molar-refractivity contribution in [2.24, 2.45) is 0 Å². The van der Waals surface area contributed by atoms with Gasteiger partial charge >= 0.3 is 0 Å². The number of nitrogens with two attached hydrogens (primary N) is 2. The second-order valence-corrected chi connectivity index (χ2v) is 5.03. The van der Waals surface area contributed by atoms with Crippen LogP contribution in [-0.4, -0.2) is 0 Å². The zero-order valence-corrected chi connectivity index (χ0v) is 11.5. The van der Waals surface area contributed by atoms with Crippen molar-refractivity contribution in [1.82, 2.24) is 0 Å². The first-order valence-electron chi connectivity index (χ1n) is 6.91. The fourth-order valence-electron chi connectivity index (χ4n) is 2.39. The Hall–Kier alpha value is -1.96. The van der Waals surface area contributed by atoms with Gasteiger partial charge in [-0.05, 0) is 41.8 Å². The van der Waals surface area contributed by atoms with E-state index in [1.807, 2.05) is 24.3 Å². The predicted molar refractivity (Wildman–Crippen MR) is 83.1 cm³/mol. The van der Waals surface area contributed by atoms with E-state index in [1.54, 1.807) is 0 Å². The van der Waals surface area contributed by atoms with E-state index in [9.17, 15) is 0 Å². The first kappa shape index (κ1) is 13.5. The van der Waals surface area contributed by atoms with Crippen LogP contribution in [0.4, 0.5) is 11.4 Å². The molecule has 0 bridgehead atoms. The lowest BCUT2D eigenvalue weighted by Gasteiger charge is -2.18. The largest absolute Gasteiger partial charge is 0.399 e. The molecule has 0 unspecified atom stereocenters. The Balaban J connectivity index is 2.29. The van der Waals surface area contributed by atoms with E-state index in [0.717, 1.165) is 17.8 Å². The van der Waals surface area contributed by atoms with Gasteiger partial charge in [-0.15, -0.1) is 0 Å². The summed E-state index contributed by atoms with van der Waals surface area (Å²) in [7, 11) is 0. The van der Waals surface area contributed by atoms with E-state index >= 15 is 0 Å². The zero-order valence-electron chi connectivity index (χ0n) is 11.5. The van der Waals surface area contributed by atoms with Crippen LogP contribution >= 0.6 is 0 Å². The molecule has 0 saturated heterocycles. The number of rotatable bonds is 5. The fourth-order valence-corrected chi connectivity index (χ4v) is 2.39. The molecule has 2 aromatic rings. The number of anilines is 2. The quantitative estimate of drug-likeness (QED) is 0.787. The van der Waals surface area contributed by atoms with Crippen LogP contribution in [0.1, 0.15) is 43.2 Å². The van der Waals surface area contributed by atoms with E-state index in [1.165, 1.54) is 24.0 Å². The number of hydrogen-bond donors (Lipinski definition) is 2. The van der Waals surface area contributed by atoms with E-state index in [-0.39, 0.29) is 0 Å². The summed E-state index contributed by atoms with van der Waals surface area (Å²) in [6, 6.07) is 16.4.